The van der Waals surface area contributed by atoms with Crippen molar-refractivity contribution >= 4 is 17.3 Å². The van der Waals surface area contributed by atoms with Crippen LogP contribution in [0, 0.1) is 10.1 Å². The molecule has 0 bridgehead atoms. The molecule has 21 heavy (non-hydrogen) atoms. The Kier molecular flexibility index (Phi) is 4.42. The number of carboxylic acid groups (broad SMARTS) is 1. The topological polar surface area (TPSA) is 86.9 Å². The lowest BCUT2D eigenvalue weighted by molar-refractivity contribution is -0.384. The molecule has 114 valence electrons. The molecule has 1 aliphatic rings. The van der Waals surface area contributed by atoms with E-state index >= 15 is 0 Å². The van der Waals surface area contributed by atoms with Crippen LogP contribution >= 0.6 is 0 Å². The van der Waals surface area contributed by atoms with E-state index in [1.807, 2.05) is 19.0 Å². The second-order valence-electron chi connectivity index (χ2n) is 5.52. The predicted octanol–water partition coefficient (Wildman–Crippen LogP) is 1.82. The number of nitrogens with zero attached hydrogens (tertiary/aromatic N) is 3. The molecular weight excluding hydrogens is 274 g/mol. The number of anilines is 1. The number of aromatic carboxylic acids is 1. The van der Waals surface area contributed by atoms with Crippen LogP contribution in [-0.2, 0) is 0 Å². The van der Waals surface area contributed by atoms with Crippen LogP contribution < -0.4 is 4.90 Å². The molecule has 1 saturated heterocycles. The van der Waals surface area contributed by atoms with Crippen molar-refractivity contribution in [3.8, 4) is 0 Å². The molecular formula is C14H19N3O4. The lowest BCUT2D eigenvalue weighted by Crippen LogP contribution is -2.38. The summed E-state index contributed by atoms with van der Waals surface area (Å²) in [7, 11) is 3.95. The molecule has 1 aliphatic heterocycles. The number of benzene rings is 1. The molecule has 1 aromatic carbocycles. The fraction of sp³-hybridized carbons (Fsp3) is 0.500. The number of nitro benzene ring substituents is 1. The van der Waals surface area contributed by atoms with Gasteiger partial charge in [0.15, 0.2) is 0 Å². The zero-order chi connectivity index (χ0) is 15.6. The maximum absolute atomic E-state index is 11.4. The first-order valence-corrected chi connectivity index (χ1v) is 6.83. The van der Waals surface area contributed by atoms with Crippen LogP contribution in [0.15, 0.2) is 18.2 Å². The third kappa shape index (κ3) is 3.30. The number of nitro groups is 1. The van der Waals surface area contributed by atoms with E-state index in [2.05, 4.69) is 4.90 Å². The van der Waals surface area contributed by atoms with Gasteiger partial charge < -0.3 is 14.9 Å². The van der Waals surface area contributed by atoms with Crippen LogP contribution in [0.4, 0.5) is 11.4 Å². The molecule has 0 saturated carbocycles. The highest BCUT2D eigenvalue weighted by Gasteiger charge is 2.29. The van der Waals surface area contributed by atoms with Gasteiger partial charge in [0, 0.05) is 31.3 Å². The number of hydrogen-bond acceptors (Lipinski definition) is 5. The van der Waals surface area contributed by atoms with Gasteiger partial charge in [-0.1, -0.05) is 0 Å². The van der Waals surface area contributed by atoms with Gasteiger partial charge >= 0.3 is 5.97 Å². The van der Waals surface area contributed by atoms with E-state index in [0.29, 0.717) is 5.69 Å². The van der Waals surface area contributed by atoms with Gasteiger partial charge in [-0.2, -0.15) is 0 Å². The molecule has 0 aromatic heterocycles. The van der Waals surface area contributed by atoms with Crippen molar-refractivity contribution in [1.82, 2.24) is 4.90 Å². The number of hydrogen-bond donors (Lipinski definition) is 1. The first-order chi connectivity index (χ1) is 9.90. The first-order valence-electron chi connectivity index (χ1n) is 6.83. The zero-order valence-electron chi connectivity index (χ0n) is 12.2. The van der Waals surface area contributed by atoms with Crippen molar-refractivity contribution in [1.29, 1.82) is 0 Å². The lowest BCUT2D eigenvalue weighted by atomic mass is 10.1. The van der Waals surface area contributed by atoms with Crippen LogP contribution in [0.3, 0.4) is 0 Å². The standard InChI is InChI=1S/C14H19N3O4/c1-15(2)9-11-4-3-7-16(11)13-6-5-10(17(20)21)8-12(13)14(18)19/h5-6,8,11H,3-4,7,9H2,1-2H3,(H,18,19). The second-order valence-corrected chi connectivity index (χ2v) is 5.52. The smallest absolute Gasteiger partial charge is 0.338 e. The molecule has 1 atom stereocenters. The highest BCUT2D eigenvalue weighted by molar-refractivity contribution is 5.95. The molecule has 1 N–H and O–H groups in total. The van der Waals surface area contributed by atoms with E-state index < -0.39 is 10.9 Å². The molecule has 0 aliphatic carbocycles. The Morgan fingerprint density at radius 1 is 1.52 bits per heavy atom. The van der Waals surface area contributed by atoms with Crippen LogP contribution in [-0.4, -0.2) is 54.1 Å². The second kappa shape index (κ2) is 6.09. The van der Waals surface area contributed by atoms with Gasteiger partial charge in [0.05, 0.1) is 16.2 Å². The fourth-order valence-corrected chi connectivity index (χ4v) is 2.82. The molecule has 0 spiro atoms. The van der Waals surface area contributed by atoms with Crippen LogP contribution in [0.5, 0.6) is 0 Å². The van der Waals surface area contributed by atoms with Crippen molar-refractivity contribution in [2.45, 2.75) is 18.9 Å². The van der Waals surface area contributed by atoms with Crippen molar-refractivity contribution < 1.29 is 14.8 Å². The molecule has 2 rings (SSSR count). The monoisotopic (exact) mass is 293 g/mol. The summed E-state index contributed by atoms with van der Waals surface area (Å²) < 4.78 is 0. The minimum atomic E-state index is -1.13. The number of rotatable bonds is 5. The quantitative estimate of drug-likeness (QED) is 0.658. The van der Waals surface area contributed by atoms with Crippen molar-refractivity contribution in [2.24, 2.45) is 0 Å². The Morgan fingerprint density at radius 3 is 2.81 bits per heavy atom. The van der Waals surface area contributed by atoms with Crippen LogP contribution in [0.1, 0.15) is 23.2 Å². The van der Waals surface area contributed by atoms with E-state index in [9.17, 15) is 20.0 Å². The normalized spacial score (nSPS) is 18.2. The molecule has 1 unspecified atom stereocenters. The largest absolute Gasteiger partial charge is 0.478 e. The molecule has 1 fully saturated rings. The van der Waals surface area contributed by atoms with Crippen molar-refractivity contribution in [3.63, 3.8) is 0 Å². The Labute approximate surface area is 122 Å². The summed E-state index contributed by atoms with van der Waals surface area (Å²) in [5.41, 5.74) is 0.367. The number of non-ortho nitro benzene ring substituents is 1. The first kappa shape index (κ1) is 15.2. The van der Waals surface area contributed by atoms with Gasteiger partial charge in [0.1, 0.15) is 0 Å². The zero-order valence-corrected chi connectivity index (χ0v) is 12.2. The van der Waals surface area contributed by atoms with E-state index in [1.165, 1.54) is 6.07 Å². The maximum Gasteiger partial charge on any atom is 0.338 e. The summed E-state index contributed by atoms with van der Waals surface area (Å²) in [6.45, 7) is 1.60. The molecule has 0 amide bonds. The van der Waals surface area contributed by atoms with Crippen LogP contribution in [0.2, 0.25) is 0 Å². The summed E-state index contributed by atoms with van der Waals surface area (Å²) in [4.78, 5) is 25.8. The minimum absolute atomic E-state index is 0.00476. The van der Waals surface area contributed by atoms with Gasteiger partial charge in [-0.15, -0.1) is 0 Å². The SMILES string of the molecule is CN(C)CC1CCCN1c1ccc([N+](=O)[O-])cc1C(=O)O. The summed E-state index contributed by atoms with van der Waals surface area (Å²) in [6.07, 6.45) is 1.99. The summed E-state index contributed by atoms with van der Waals surface area (Å²) in [6, 6.07) is 4.30. The average Bonchev–Trinajstić information content (AvgIpc) is 2.84. The highest BCUT2D eigenvalue weighted by atomic mass is 16.6. The Hall–Kier alpha value is -2.15. The van der Waals surface area contributed by atoms with Gasteiger partial charge in [-0.3, -0.25) is 10.1 Å². The van der Waals surface area contributed by atoms with Gasteiger partial charge in [0.2, 0.25) is 0 Å². The average molecular weight is 293 g/mol. The Bertz CT molecular complexity index is 559. The van der Waals surface area contributed by atoms with Gasteiger partial charge in [-0.25, -0.2) is 4.79 Å². The highest BCUT2D eigenvalue weighted by Crippen LogP contribution is 2.31. The number of carbonyl (C=O) groups is 1. The number of likely N-dealkylation sites (N-methyl/N-ethyl adjacent to an activating group) is 1. The molecule has 1 heterocycles. The molecule has 1 aromatic rings. The van der Waals surface area contributed by atoms with Crippen molar-refractivity contribution in [2.75, 3.05) is 32.1 Å². The molecule has 7 nitrogen and oxygen atoms in total. The predicted molar refractivity (Wildman–Crippen MR) is 79.0 cm³/mol. The van der Waals surface area contributed by atoms with Crippen LogP contribution in [0.25, 0.3) is 0 Å². The van der Waals surface area contributed by atoms with E-state index in [1.54, 1.807) is 6.07 Å². The van der Waals surface area contributed by atoms with Crippen molar-refractivity contribution in [3.05, 3.63) is 33.9 Å². The van der Waals surface area contributed by atoms with E-state index in [0.717, 1.165) is 32.0 Å². The van der Waals surface area contributed by atoms with E-state index in [4.69, 9.17) is 0 Å². The lowest BCUT2D eigenvalue weighted by Gasteiger charge is -2.30. The minimum Gasteiger partial charge on any atom is -0.478 e. The maximum atomic E-state index is 11.4. The third-order valence-electron chi connectivity index (χ3n) is 3.68. The Morgan fingerprint density at radius 2 is 2.24 bits per heavy atom. The molecule has 0 radical (unpaired) electrons. The third-order valence-corrected chi connectivity index (χ3v) is 3.68. The molecule has 7 heteroatoms. The summed E-state index contributed by atoms with van der Waals surface area (Å²) >= 11 is 0. The van der Waals surface area contributed by atoms with Gasteiger partial charge in [0.25, 0.3) is 5.69 Å². The van der Waals surface area contributed by atoms with Gasteiger partial charge in [-0.05, 0) is 33.0 Å². The summed E-state index contributed by atoms with van der Waals surface area (Å²) in [5.74, 6) is -1.13. The van der Waals surface area contributed by atoms with E-state index in [-0.39, 0.29) is 17.3 Å². The summed E-state index contributed by atoms with van der Waals surface area (Å²) in [5, 5.41) is 20.2. The fourth-order valence-electron chi connectivity index (χ4n) is 2.82. The number of carboxylic acids is 1. The Balaban J connectivity index is 2.38.